The monoisotopic (exact) mass is 189 g/mol. The van der Waals surface area contributed by atoms with Crippen molar-refractivity contribution >= 4 is 11.6 Å². The normalized spacial score (nSPS) is 13.0. The number of nitrogens with two attached hydrogens (primary N) is 1. The van der Waals surface area contributed by atoms with E-state index in [4.69, 9.17) is 17.3 Å². The molecule has 0 spiro atoms. The molecule has 1 unspecified atom stereocenters. The van der Waals surface area contributed by atoms with Crippen LogP contribution in [0.3, 0.4) is 0 Å². The molecule has 1 atom stereocenters. The number of halogens is 2. The first kappa shape index (κ1) is 9.45. The van der Waals surface area contributed by atoms with Gasteiger partial charge in [-0.25, -0.2) is 4.39 Å². The van der Waals surface area contributed by atoms with Crippen molar-refractivity contribution in [3.63, 3.8) is 0 Å². The molecule has 66 valence electrons. The largest absolute Gasteiger partial charge is 0.387 e. The lowest BCUT2D eigenvalue weighted by molar-refractivity contribution is 0.186. The topological polar surface area (TPSA) is 46.2 Å². The second kappa shape index (κ2) is 3.85. The minimum Gasteiger partial charge on any atom is -0.387 e. The Kier molecular flexibility index (Phi) is 3.03. The molecule has 0 saturated heterocycles. The fourth-order valence-electron chi connectivity index (χ4n) is 0.904. The van der Waals surface area contributed by atoms with Gasteiger partial charge in [-0.15, -0.1) is 0 Å². The number of aliphatic hydroxyl groups is 1. The van der Waals surface area contributed by atoms with Gasteiger partial charge < -0.3 is 10.8 Å². The van der Waals surface area contributed by atoms with Gasteiger partial charge in [0.2, 0.25) is 0 Å². The molecule has 2 nitrogen and oxygen atoms in total. The van der Waals surface area contributed by atoms with Crippen LogP contribution in [-0.2, 0) is 0 Å². The summed E-state index contributed by atoms with van der Waals surface area (Å²) in [7, 11) is 0. The van der Waals surface area contributed by atoms with Crippen LogP contribution in [0.2, 0.25) is 5.02 Å². The highest BCUT2D eigenvalue weighted by Gasteiger charge is 2.06. The molecule has 0 aliphatic rings. The van der Waals surface area contributed by atoms with Crippen molar-refractivity contribution in [2.45, 2.75) is 6.10 Å². The van der Waals surface area contributed by atoms with E-state index in [0.717, 1.165) is 0 Å². The minimum atomic E-state index is -0.849. The molecule has 0 amide bonds. The lowest BCUT2D eigenvalue weighted by Crippen LogP contribution is -2.11. The van der Waals surface area contributed by atoms with Gasteiger partial charge in [0.15, 0.2) is 0 Å². The highest BCUT2D eigenvalue weighted by Crippen LogP contribution is 2.18. The first-order valence-electron chi connectivity index (χ1n) is 3.47. The predicted molar refractivity (Wildman–Crippen MR) is 45.4 cm³/mol. The summed E-state index contributed by atoms with van der Waals surface area (Å²) in [6.07, 6.45) is -0.849. The van der Waals surface area contributed by atoms with Crippen LogP contribution in [-0.4, -0.2) is 11.7 Å². The molecule has 12 heavy (non-hydrogen) atoms. The van der Waals surface area contributed by atoms with E-state index in [1.807, 2.05) is 0 Å². The lowest BCUT2D eigenvalue weighted by atomic mass is 10.1. The minimum absolute atomic E-state index is 0.0553. The van der Waals surface area contributed by atoms with E-state index in [1.54, 1.807) is 0 Å². The summed E-state index contributed by atoms with van der Waals surface area (Å²) in [5, 5.41) is 9.49. The SMILES string of the molecule is NCC(O)c1cc(F)cc(Cl)c1. The molecule has 0 aliphatic heterocycles. The van der Waals surface area contributed by atoms with Gasteiger partial charge in [-0.2, -0.15) is 0 Å². The Morgan fingerprint density at radius 1 is 1.50 bits per heavy atom. The van der Waals surface area contributed by atoms with Crippen molar-refractivity contribution in [3.05, 3.63) is 34.6 Å². The van der Waals surface area contributed by atoms with Crippen molar-refractivity contribution in [2.24, 2.45) is 5.73 Å². The van der Waals surface area contributed by atoms with Crippen LogP contribution >= 0.6 is 11.6 Å². The molecule has 3 N–H and O–H groups in total. The fourth-order valence-corrected chi connectivity index (χ4v) is 1.13. The average Bonchev–Trinajstić information content (AvgIpc) is 2.01. The molecule has 0 aromatic heterocycles. The quantitative estimate of drug-likeness (QED) is 0.740. The molecular weight excluding hydrogens is 181 g/mol. The Hall–Kier alpha value is -0.640. The molecule has 0 fully saturated rings. The zero-order valence-corrected chi connectivity index (χ0v) is 7.05. The van der Waals surface area contributed by atoms with Crippen molar-refractivity contribution in [1.82, 2.24) is 0 Å². The van der Waals surface area contributed by atoms with E-state index in [1.165, 1.54) is 18.2 Å². The molecule has 0 bridgehead atoms. The Balaban J connectivity index is 3.00. The van der Waals surface area contributed by atoms with E-state index >= 15 is 0 Å². The van der Waals surface area contributed by atoms with Crippen molar-refractivity contribution < 1.29 is 9.50 Å². The first-order valence-corrected chi connectivity index (χ1v) is 3.85. The number of rotatable bonds is 2. The zero-order valence-electron chi connectivity index (χ0n) is 6.30. The maximum Gasteiger partial charge on any atom is 0.125 e. The van der Waals surface area contributed by atoms with Gasteiger partial charge in [0, 0.05) is 11.6 Å². The summed E-state index contributed by atoms with van der Waals surface area (Å²) in [4.78, 5) is 0. The third-order valence-corrected chi connectivity index (χ3v) is 1.71. The van der Waals surface area contributed by atoms with E-state index in [0.29, 0.717) is 5.56 Å². The Morgan fingerprint density at radius 2 is 2.17 bits per heavy atom. The summed E-state index contributed by atoms with van der Waals surface area (Å²) >= 11 is 5.56. The van der Waals surface area contributed by atoms with Crippen LogP contribution in [0.4, 0.5) is 4.39 Å². The molecule has 0 saturated carbocycles. The molecule has 4 heteroatoms. The highest BCUT2D eigenvalue weighted by atomic mass is 35.5. The smallest absolute Gasteiger partial charge is 0.125 e. The fraction of sp³-hybridized carbons (Fsp3) is 0.250. The Bertz CT molecular complexity index is 260. The number of hydrogen-bond donors (Lipinski definition) is 2. The van der Waals surface area contributed by atoms with Gasteiger partial charge in [-0.05, 0) is 23.8 Å². The van der Waals surface area contributed by atoms with Crippen molar-refractivity contribution in [1.29, 1.82) is 0 Å². The molecular formula is C8H9ClFNO. The second-order valence-corrected chi connectivity index (χ2v) is 2.89. The van der Waals surface area contributed by atoms with Gasteiger partial charge in [0.05, 0.1) is 6.10 Å². The number of aliphatic hydroxyl groups excluding tert-OH is 1. The summed E-state index contributed by atoms with van der Waals surface area (Å²) in [6, 6.07) is 3.87. The molecule has 1 rings (SSSR count). The van der Waals surface area contributed by atoms with Crippen molar-refractivity contribution in [3.8, 4) is 0 Å². The van der Waals surface area contributed by atoms with Crippen LogP contribution < -0.4 is 5.73 Å². The van der Waals surface area contributed by atoms with Crippen LogP contribution in [0.25, 0.3) is 0 Å². The van der Waals surface area contributed by atoms with E-state index in [2.05, 4.69) is 0 Å². The van der Waals surface area contributed by atoms with Crippen LogP contribution in [0.1, 0.15) is 11.7 Å². The molecule has 0 aliphatic carbocycles. The Morgan fingerprint density at radius 3 is 2.67 bits per heavy atom. The number of benzene rings is 1. The third-order valence-electron chi connectivity index (χ3n) is 1.49. The van der Waals surface area contributed by atoms with E-state index in [9.17, 15) is 9.50 Å². The lowest BCUT2D eigenvalue weighted by Gasteiger charge is -2.07. The van der Waals surface area contributed by atoms with Crippen LogP contribution in [0.15, 0.2) is 18.2 Å². The Labute approximate surface area is 74.8 Å². The maximum atomic E-state index is 12.7. The van der Waals surface area contributed by atoms with Gasteiger partial charge in [0.25, 0.3) is 0 Å². The third kappa shape index (κ3) is 2.17. The standard InChI is InChI=1S/C8H9ClFNO/c9-6-1-5(8(12)4-11)2-7(10)3-6/h1-3,8,12H,4,11H2. The molecule has 1 aromatic carbocycles. The van der Waals surface area contributed by atoms with Crippen molar-refractivity contribution in [2.75, 3.05) is 6.54 Å². The summed E-state index contributed by atoms with van der Waals surface area (Å²) in [5.41, 5.74) is 5.59. The van der Waals surface area contributed by atoms with Crippen LogP contribution in [0.5, 0.6) is 0 Å². The van der Waals surface area contributed by atoms with E-state index in [-0.39, 0.29) is 11.6 Å². The van der Waals surface area contributed by atoms with Gasteiger partial charge >= 0.3 is 0 Å². The molecule has 1 aromatic rings. The highest BCUT2D eigenvalue weighted by molar-refractivity contribution is 6.30. The molecule has 0 radical (unpaired) electrons. The average molecular weight is 190 g/mol. The summed E-state index contributed by atoms with van der Waals surface area (Å²) in [5.74, 6) is -0.468. The second-order valence-electron chi connectivity index (χ2n) is 2.45. The van der Waals surface area contributed by atoms with Crippen LogP contribution in [0, 0.1) is 5.82 Å². The number of hydrogen-bond acceptors (Lipinski definition) is 2. The maximum absolute atomic E-state index is 12.7. The molecule has 0 heterocycles. The first-order chi connectivity index (χ1) is 5.63. The van der Waals surface area contributed by atoms with E-state index < -0.39 is 11.9 Å². The van der Waals surface area contributed by atoms with Gasteiger partial charge in [-0.1, -0.05) is 11.6 Å². The zero-order chi connectivity index (χ0) is 9.14. The summed E-state index contributed by atoms with van der Waals surface area (Å²) < 4.78 is 12.7. The predicted octanol–water partition coefficient (Wildman–Crippen LogP) is 1.47. The summed E-state index contributed by atoms with van der Waals surface area (Å²) in [6.45, 7) is 0.0553. The van der Waals surface area contributed by atoms with Gasteiger partial charge in [0.1, 0.15) is 5.82 Å². The van der Waals surface area contributed by atoms with Gasteiger partial charge in [-0.3, -0.25) is 0 Å².